The van der Waals surface area contributed by atoms with Crippen LogP contribution < -0.4 is 5.32 Å². The van der Waals surface area contributed by atoms with Crippen LogP contribution in [0.25, 0.3) is 0 Å². The molecule has 1 aromatic rings. The van der Waals surface area contributed by atoms with Crippen molar-refractivity contribution >= 4 is 0 Å². The lowest BCUT2D eigenvalue weighted by molar-refractivity contribution is 0.124. The maximum absolute atomic E-state index is 4.10. The van der Waals surface area contributed by atoms with Crippen LogP contribution in [-0.4, -0.2) is 11.0 Å². The minimum atomic E-state index is 0.399. The number of hydrogen-bond donors (Lipinski definition) is 1. The molecule has 2 nitrogen and oxygen atoms in total. The first-order chi connectivity index (χ1) is 8.98. The van der Waals surface area contributed by atoms with Crippen LogP contribution in [0.3, 0.4) is 0 Å². The zero-order valence-corrected chi connectivity index (χ0v) is 12.8. The summed E-state index contributed by atoms with van der Waals surface area (Å²) in [5, 5.41) is 3.86. The summed E-state index contributed by atoms with van der Waals surface area (Å²) < 4.78 is 0. The van der Waals surface area contributed by atoms with Gasteiger partial charge in [0.1, 0.15) is 0 Å². The van der Waals surface area contributed by atoms with Crippen LogP contribution in [0.4, 0.5) is 0 Å². The summed E-state index contributed by atoms with van der Waals surface area (Å²) >= 11 is 0. The van der Waals surface area contributed by atoms with Gasteiger partial charge in [-0.25, -0.2) is 0 Å². The van der Waals surface area contributed by atoms with Crippen LogP contribution >= 0.6 is 0 Å². The van der Waals surface area contributed by atoms with Gasteiger partial charge in [-0.05, 0) is 48.8 Å². The molecule has 0 amide bonds. The maximum atomic E-state index is 4.10. The first-order valence-electron chi connectivity index (χ1n) is 7.64. The molecule has 1 aliphatic carbocycles. The second-order valence-electron chi connectivity index (χ2n) is 7.03. The Morgan fingerprint density at radius 3 is 2.42 bits per heavy atom. The molecule has 1 aliphatic rings. The summed E-state index contributed by atoms with van der Waals surface area (Å²) in [7, 11) is 0. The molecule has 0 saturated heterocycles. The summed E-state index contributed by atoms with van der Waals surface area (Å²) in [5.41, 5.74) is 1.74. The predicted molar refractivity (Wildman–Crippen MR) is 81.0 cm³/mol. The highest BCUT2D eigenvalue weighted by atomic mass is 15.0. The van der Waals surface area contributed by atoms with Crippen LogP contribution in [0.5, 0.6) is 0 Å². The first-order valence-corrected chi connectivity index (χ1v) is 7.64. The van der Waals surface area contributed by atoms with Gasteiger partial charge in [0.25, 0.3) is 0 Å². The molecule has 3 atom stereocenters. The molecule has 1 fully saturated rings. The number of pyridine rings is 1. The van der Waals surface area contributed by atoms with Crippen molar-refractivity contribution in [3.8, 4) is 0 Å². The lowest BCUT2D eigenvalue weighted by Crippen LogP contribution is -2.45. The summed E-state index contributed by atoms with van der Waals surface area (Å²) in [4.78, 5) is 4.10. The van der Waals surface area contributed by atoms with Crippen molar-refractivity contribution in [3.63, 3.8) is 0 Å². The third-order valence-corrected chi connectivity index (χ3v) is 4.55. The Balaban J connectivity index is 2.04. The number of rotatable bonds is 3. The van der Waals surface area contributed by atoms with Crippen molar-refractivity contribution in [3.05, 3.63) is 30.1 Å². The van der Waals surface area contributed by atoms with E-state index in [4.69, 9.17) is 0 Å². The highest BCUT2D eigenvalue weighted by Crippen LogP contribution is 2.38. The van der Waals surface area contributed by atoms with E-state index < -0.39 is 0 Å². The van der Waals surface area contributed by atoms with Crippen LogP contribution in [-0.2, 0) is 0 Å². The van der Waals surface area contributed by atoms with Gasteiger partial charge in [0.15, 0.2) is 0 Å². The standard InChI is InChI=1S/C17H28N2/c1-13(14-9-11-18-12-10-14)19-16-8-6-5-7-15(16)17(2,3)4/h9-13,15-16,19H,5-8H2,1-4H3. The van der Waals surface area contributed by atoms with Gasteiger partial charge in [-0.3, -0.25) is 4.98 Å². The Kier molecular flexibility index (Phi) is 4.62. The van der Waals surface area contributed by atoms with Gasteiger partial charge in [-0.1, -0.05) is 33.6 Å². The van der Waals surface area contributed by atoms with Crippen molar-refractivity contribution in [2.45, 2.75) is 65.5 Å². The average Bonchev–Trinajstić information content (AvgIpc) is 2.39. The largest absolute Gasteiger partial charge is 0.307 e. The van der Waals surface area contributed by atoms with E-state index in [1.54, 1.807) is 0 Å². The van der Waals surface area contributed by atoms with E-state index in [1.165, 1.54) is 31.2 Å². The van der Waals surface area contributed by atoms with E-state index in [0.717, 1.165) is 5.92 Å². The summed E-state index contributed by atoms with van der Waals surface area (Å²) in [6.07, 6.45) is 9.21. The molecule has 106 valence electrons. The van der Waals surface area contributed by atoms with Crippen LogP contribution in [0.15, 0.2) is 24.5 Å². The normalized spacial score (nSPS) is 26.1. The molecule has 1 heterocycles. The number of aromatic nitrogens is 1. The fourth-order valence-corrected chi connectivity index (χ4v) is 3.44. The molecule has 1 N–H and O–H groups in total. The molecule has 0 spiro atoms. The summed E-state index contributed by atoms with van der Waals surface area (Å²) in [5.74, 6) is 0.783. The second-order valence-corrected chi connectivity index (χ2v) is 7.03. The van der Waals surface area contributed by atoms with Crippen LogP contribution in [0, 0.1) is 11.3 Å². The fourth-order valence-electron chi connectivity index (χ4n) is 3.44. The Hall–Kier alpha value is -0.890. The topological polar surface area (TPSA) is 24.9 Å². The van der Waals surface area contributed by atoms with Crippen molar-refractivity contribution < 1.29 is 0 Å². The van der Waals surface area contributed by atoms with E-state index in [0.29, 0.717) is 17.5 Å². The first kappa shape index (κ1) is 14.5. The Morgan fingerprint density at radius 2 is 1.79 bits per heavy atom. The average molecular weight is 260 g/mol. The molecule has 2 heteroatoms. The third kappa shape index (κ3) is 3.79. The molecule has 0 bridgehead atoms. The fraction of sp³-hybridized carbons (Fsp3) is 0.706. The van der Waals surface area contributed by atoms with E-state index >= 15 is 0 Å². The number of nitrogens with zero attached hydrogens (tertiary/aromatic N) is 1. The molecule has 0 aliphatic heterocycles. The van der Waals surface area contributed by atoms with Crippen molar-refractivity contribution in [2.75, 3.05) is 0 Å². The maximum Gasteiger partial charge on any atom is 0.0295 e. The van der Waals surface area contributed by atoms with Gasteiger partial charge < -0.3 is 5.32 Å². The summed E-state index contributed by atoms with van der Waals surface area (Å²) in [6.45, 7) is 9.42. The van der Waals surface area contributed by atoms with Crippen LogP contribution in [0.1, 0.15) is 65.0 Å². The highest BCUT2D eigenvalue weighted by Gasteiger charge is 2.34. The van der Waals surface area contributed by atoms with E-state index in [2.05, 4.69) is 50.1 Å². The van der Waals surface area contributed by atoms with Gasteiger partial charge in [0.05, 0.1) is 0 Å². The Bertz CT molecular complexity index is 380. The molecule has 2 rings (SSSR count). The molecule has 0 radical (unpaired) electrons. The van der Waals surface area contributed by atoms with Gasteiger partial charge in [-0.2, -0.15) is 0 Å². The van der Waals surface area contributed by atoms with E-state index in [-0.39, 0.29) is 0 Å². The molecular weight excluding hydrogens is 232 g/mol. The number of nitrogens with one attached hydrogen (secondary N) is 1. The molecule has 1 aromatic heterocycles. The second kappa shape index (κ2) is 6.04. The molecular formula is C17H28N2. The minimum Gasteiger partial charge on any atom is -0.307 e. The molecule has 1 saturated carbocycles. The van der Waals surface area contributed by atoms with Crippen molar-refractivity contribution in [1.29, 1.82) is 0 Å². The Morgan fingerprint density at radius 1 is 1.16 bits per heavy atom. The van der Waals surface area contributed by atoms with Crippen LogP contribution in [0.2, 0.25) is 0 Å². The monoisotopic (exact) mass is 260 g/mol. The SMILES string of the molecule is CC(NC1CCCCC1C(C)(C)C)c1ccncc1. The van der Waals surface area contributed by atoms with Gasteiger partial charge in [0.2, 0.25) is 0 Å². The smallest absolute Gasteiger partial charge is 0.0295 e. The quantitative estimate of drug-likeness (QED) is 0.874. The molecule has 0 aromatic carbocycles. The van der Waals surface area contributed by atoms with Crippen molar-refractivity contribution in [1.82, 2.24) is 10.3 Å². The third-order valence-electron chi connectivity index (χ3n) is 4.55. The lowest BCUT2D eigenvalue weighted by atomic mass is 9.69. The zero-order valence-electron chi connectivity index (χ0n) is 12.8. The van der Waals surface area contributed by atoms with Gasteiger partial charge in [-0.15, -0.1) is 0 Å². The Labute approximate surface area is 118 Å². The summed E-state index contributed by atoms with van der Waals surface area (Å²) in [6, 6.07) is 5.30. The lowest BCUT2D eigenvalue weighted by Gasteiger charge is -2.42. The van der Waals surface area contributed by atoms with E-state index in [1.807, 2.05) is 12.4 Å². The predicted octanol–water partition coefficient (Wildman–Crippen LogP) is 4.34. The van der Waals surface area contributed by atoms with Crippen molar-refractivity contribution in [2.24, 2.45) is 11.3 Å². The number of hydrogen-bond acceptors (Lipinski definition) is 2. The van der Waals surface area contributed by atoms with E-state index in [9.17, 15) is 0 Å². The minimum absolute atomic E-state index is 0.399. The van der Waals surface area contributed by atoms with Gasteiger partial charge >= 0.3 is 0 Å². The molecule has 3 unspecified atom stereocenters. The molecule has 19 heavy (non-hydrogen) atoms. The highest BCUT2D eigenvalue weighted by molar-refractivity contribution is 5.14. The zero-order chi connectivity index (χ0) is 13.9. The van der Waals surface area contributed by atoms with Gasteiger partial charge in [0, 0.05) is 24.5 Å².